The summed E-state index contributed by atoms with van der Waals surface area (Å²) < 4.78 is 5.36. The van der Waals surface area contributed by atoms with Crippen LogP contribution in [0.25, 0.3) is 0 Å². The number of rotatable bonds is 7. The smallest absolute Gasteiger partial charge is 0.329 e. The van der Waals surface area contributed by atoms with Gasteiger partial charge in [-0.1, -0.05) is 36.4 Å². The molecule has 0 aliphatic heterocycles. The van der Waals surface area contributed by atoms with E-state index in [0.717, 1.165) is 11.1 Å². The van der Waals surface area contributed by atoms with Crippen molar-refractivity contribution < 1.29 is 14.3 Å². The standard InChI is InChI=1S/C19H18ClN3O3/c1-2-11-26-17-9-5-15(6-10-17)13-22-23-19(25)18(24)21-12-14-3-7-16(20)8-4-14/h2-10,13H,1,11-12H2,(H,21,24)(H,23,25)/b22-13+. The molecule has 2 N–H and O–H groups in total. The molecule has 0 radical (unpaired) electrons. The third-order valence-corrected chi connectivity index (χ3v) is 3.45. The Morgan fingerprint density at radius 1 is 1.08 bits per heavy atom. The second kappa shape index (κ2) is 10.0. The second-order valence-corrected chi connectivity index (χ2v) is 5.61. The topological polar surface area (TPSA) is 79.8 Å². The highest BCUT2D eigenvalue weighted by Gasteiger charge is 2.11. The Hall–Kier alpha value is -3.12. The van der Waals surface area contributed by atoms with Crippen LogP contribution in [-0.2, 0) is 16.1 Å². The van der Waals surface area contributed by atoms with Gasteiger partial charge in [-0.05, 0) is 47.5 Å². The fraction of sp³-hybridized carbons (Fsp3) is 0.105. The molecule has 0 saturated carbocycles. The Balaban J connectivity index is 1.77. The molecule has 0 spiro atoms. The van der Waals surface area contributed by atoms with Gasteiger partial charge in [0.15, 0.2) is 0 Å². The molecule has 0 aliphatic carbocycles. The van der Waals surface area contributed by atoms with Crippen molar-refractivity contribution in [1.82, 2.24) is 10.7 Å². The molecule has 2 aromatic rings. The summed E-state index contributed by atoms with van der Waals surface area (Å²) in [4.78, 5) is 23.4. The van der Waals surface area contributed by atoms with Crippen LogP contribution in [0.4, 0.5) is 0 Å². The Kier molecular flexibility index (Phi) is 7.39. The molecule has 0 fully saturated rings. The molecule has 7 heteroatoms. The van der Waals surface area contributed by atoms with Crippen molar-refractivity contribution in [3.63, 3.8) is 0 Å². The number of nitrogens with zero attached hydrogens (tertiary/aromatic N) is 1. The summed E-state index contributed by atoms with van der Waals surface area (Å²) in [5.41, 5.74) is 3.76. The minimum Gasteiger partial charge on any atom is -0.490 e. The molecule has 6 nitrogen and oxygen atoms in total. The van der Waals surface area contributed by atoms with E-state index >= 15 is 0 Å². The average Bonchev–Trinajstić information content (AvgIpc) is 2.66. The normalized spacial score (nSPS) is 10.3. The number of hydrogen-bond acceptors (Lipinski definition) is 4. The highest BCUT2D eigenvalue weighted by atomic mass is 35.5. The van der Waals surface area contributed by atoms with Crippen molar-refractivity contribution in [2.24, 2.45) is 5.10 Å². The number of halogens is 1. The van der Waals surface area contributed by atoms with Crippen molar-refractivity contribution in [1.29, 1.82) is 0 Å². The van der Waals surface area contributed by atoms with Crippen LogP contribution in [0.15, 0.2) is 66.3 Å². The first-order valence-electron chi connectivity index (χ1n) is 7.78. The first-order valence-corrected chi connectivity index (χ1v) is 8.15. The molecule has 2 aromatic carbocycles. The van der Waals surface area contributed by atoms with Crippen LogP contribution < -0.4 is 15.5 Å². The predicted molar refractivity (Wildman–Crippen MR) is 101 cm³/mol. The van der Waals surface area contributed by atoms with Gasteiger partial charge in [-0.2, -0.15) is 5.10 Å². The lowest BCUT2D eigenvalue weighted by Crippen LogP contribution is -2.37. The molecule has 2 amide bonds. The highest BCUT2D eigenvalue weighted by Crippen LogP contribution is 2.11. The number of carbonyl (C=O) groups is 2. The maximum absolute atomic E-state index is 11.7. The lowest BCUT2D eigenvalue weighted by molar-refractivity contribution is -0.139. The van der Waals surface area contributed by atoms with Crippen LogP contribution >= 0.6 is 11.6 Å². The van der Waals surface area contributed by atoms with Crippen LogP contribution in [0.3, 0.4) is 0 Å². The molecule has 0 atom stereocenters. The van der Waals surface area contributed by atoms with Gasteiger partial charge in [0, 0.05) is 11.6 Å². The van der Waals surface area contributed by atoms with E-state index in [1.165, 1.54) is 6.21 Å². The summed E-state index contributed by atoms with van der Waals surface area (Å²) >= 11 is 5.79. The van der Waals surface area contributed by atoms with E-state index in [0.29, 0.717) is 17.4 Å². The van der Waals surface area contributed by atoms with Crippen molar-refractivity contribution in [3.8, 4) is 5.75 Å². The third kappa shape index (κ3) is 6.41. The van der Waals surface area contributed by atoms with E-state index in [4.69, 9.17) is 16.3 Å². The van der Waals surface area contributed by atoms with Crippen molar-refractivity contribution in [3.05, 3.63) is 77.3 Å². The minimum atomic E-state index is -0.846. The number of amides is 2. The van der Waals surface area contributed by atoms with Crippen LogP contribution in [0.1, 0.15) is 11.1 Å². The molecule has 0 aromatic heterocycles. The Bertz CT molecular complexity index is 787. The van der Waals surface area contributed by atoms with Gasteiger partial charge >= 0.3 is 11.8 Å². The van der Waals surface area contributed by atoms with Crippen LogP contribution in [0.2, 0.25) is 5.02 Å². The predicted octanol–water partition coefficient (Wildman–Crippen LogP) is 2.67. The van der Waals surface area contributed by atoms with Gasteiger partial charge in [0.05, 0.1) is 6.21 Å². The van der Waals surface area contributed by atoms with E-state index in [1.807, 2.05) is 0 Å². The van der Waals surface area contributed by atoms with Crippen LogP contribution in [0, 0.1) is 0 Å². The minimum absolute atomic E-state index is 0.222. The van der Waals surface area contributed by atoms with Gasteiger partial charge in [-0.25, -0.2) is 5.43 Å². The van der Waals surface area contributed by atoms with Crippen molar-refractivity contribution >= 4 is 29.6 Å². The quantitative estimate of drug-likeness (QED) is 0.340. The number of hydrogen-bond donors (Lipinski definition) is 2. The third-order valence-electron chi connectivity index (χ3n) is 3.20. The van der Waals surface area contributed by atoms with Gasteiger partial charge in [0.25, 0.3) is 0 Å². The van der Waals surface area contributed by atoms with E-state index in [-0.39, 0.29) is 6.54 Å². The lowest BCUT2D eigenvalue weighted by Gasteiger charge is -2.04. The molecule has 134 valence electrons. The van der Waals surface area contributed by atoms with Crippen molar-refractivity contribution in [2.75, 3.05) is 6.61 Å². The average molecular weight is 372 g/mol. The maximum Gasteiger partial charge on any atom is 0.329 e. The number of nitrogens with one attached hydrogen (secondary N) is 2. The molecular weight excluding hydrogens is 354 g/mol. The van der Waals surface area contributed by atoms with Gasteiger partial charge in [0.2, 0.25) is 0 Å². The largest absolute Gasteiger partial charge is 0.490 e. The zero-order valence-electron chi connectivity index (χ0n) is 13.9. The van der Waals surface area contributed by atoms with E-state index < -0.39 is 11.8 Å². The number of hydrazone groups is 1. The maximum atomic E-state index is 11.7. The molecule has 26 heavy (non-hydrogen) atoms. The fourth-order valence-electron chi connectivity index (χ4n) is 1.89. The van der Waals surface area contributed by atoms with E-state index in [2.05, 4.69) is 22.4 Å². The van der Waals surface area contributed by atoms with Gasteiger partial charge < -0.3 is 10.1 Å². The summed E-state index contributed by atoms with van der Waals surface area (Å²) in [6.45, 7) is 4.22. The molecule has 0 bridgehead atoms. The van der Waals surface area contributed by atoms with E-state index in [1.54, 1.807) is 54.6 Å². The summed E-state index contributed by atoms with van der Waals surface area (Å²) in [6, 6.07) is 14.0. The molecule has 0 saturated heterocycles. The van der Waals surface area contributed by atoms with Gasteiger partial charge in [-0.3, -0.25) is 9.59 Å². The second-order valence-electron chi connectivity index (χ2n) is 5.18. The molecule has 0 heterocycles. The summed E-state index contributed by atoms with van der Waals surface area (Å²) in [6.07, 6.45) is 3.09. The zero-order valence-corrected chi connectivity index (χ0v) is 14.7. The fourth-order valence-corrected chi connectivity index (χ4v) is 2.01. The first-order chi connectivity index (χ1) is 12.6. The van der Waals surface area contributed by atoms with Crippen LogP contribution in [-0.4, -0.2) is 24.6 Å². The van der Waals surface area contributed by atoms with Gasteiger partial charge in [0.1, 0.15) is 12.4 Å². The number of benzene rings is 2. The molecule has 0 unspecified atom stereocenters. The SMILES string of the molecule is C=CCOc1ccc(/C=N/NC(=O)C(=O)NCc2ccc(Cl)cc2)cc1. The Morgan fingerprint density at radius 2 is 1.77 bits per heavy atom. The molecule has 2 rings (SSSR count). The lowest BCUT2D eigenvalue weighted by atomic mass is 10.2. The van der Waals surface area contributed by atoms with Crippen LogP contribution in [0.5, 0.6) is 5.75 Å². The summed E-state index contributed by atoms with van der Waals surface area (Å²) in [5.74, 6) is -0.918. The molecular formula is C19H18ClN3O3. The first kappa shape index (κ1) is 19.2. The van der Waals surface area contributed by atoms with Gasteiger partial charge in [-0.15, -0.1) is 0 Å². The Labute approximate surface area is 156 Å². The number of ether oxygens (including phenoxy) is 1. The summed E-state index contributed by atoms with van der Waals surface area (Å²) in [7, 11) is 0. The van der Waals surface area contributed by atoms with Crippen molar-refractivity contribution in [2.45, 2.75) is 6.54 Å². The van der Waals surface area contributed by atoms with E-state index in [9.17, 15) is 9.59 Å². The Morgan fingerprint density at radius 3 is 2.42 bits per heavy atom. The highest BCUT2D eigenvalue weighted by molar-refractivity contribution is 6.35. The zero-order chi connectivity index (χ0) is 18.8. The monoisotopic (exact) mass is 371 g/mol. The molecule has 0 aliphatic rings. The summed E-state index contributed by atoms with van der Waals surface area (Å²) in [5, 5.41) is 6.87. The number of carbonyl (C=O) groups excluding carboxylic acids is 2.